The molecule has 0 spiro atoms. The van der Waals surface area contributed by atoms with Crippen LogP contribution in [0.1, 0.15) is 47.0 Å². The highest BCUT2D eigenvalue weighted by Crippen LogP contribution is 2.36. The van der Waals surface area contributed by atoms with Gasteiger partial charge in [-0.2, -0.15) is 0 Å². The Hall–Kier alpha value is -1.06. The molecule has 0 bridgehead atoms. The second-order valence-electron chi connectivity index (χ2n) is 6.15. The summed E-state index contributed by atoms with van der Waals surface area (Å²) in [6.07, 6.45) is 2.83. The molecule has 1 saturated carbocycles. The van der Waals surface area contributed by atoms with Crippen LogP contribution in [0, 0.1) is 11.8 Å². The lowest BCUT2D eigenvalue weighted by molar-refractivity contribution is -0.152. The van der Waals surface area contributed by atoms with Crippen molar-refractivity contribution in [2.24, 2.45) is 11.8 Å². The lowest BCUT2D eigenvalue weighted by Gasteiger charge is -2.43. The van der Waals surface area contributed by atoms with Gasteiger partial charge in [0.25, 0.3) is 0 Å². The largest absolute Gasteiger partial charge is 0.340 e. The summed E-state index contributed by atoms with van der Waals surface area (Å²) in [6.45, 7) is 8.45. The molecular formula is C14H24N2O2. The van der Waals surface area contributed by atoms with E-state index < -0.39 is 5.54 Å². The Labute approximate surface area is 109 Å². The molecule has 1 aliphatic carbocycles. The van der Waals surface area contributed by atoms with Crippen LogP contribution in [0.5, 0.6) is 0 Å². The fourth-order valence-corrected chi connectivity index (χ4v) is 3.23. The van der Waals surface area contributed by atoms with E-state index in [-0.39, 0.29) is 24.4 Å². The Kier molecular flexibility index (Phi) is 3.39. The molecule has 2 rings (SSSR count). The van der Waals surface area contributed by atoms with E-state index in [1.165, 1.54) is 0 Å². The van der Waals surface area contributed by atoms with Crippen LogP contribution in [-0.4, -0.2) is 34.8 Å². The van der Waals surface area contributed by atoms with Crippen molar-refractivity contribution in [3.63, 3.8) is 0 Å². The summed E-state index contributed by atoms with van der Waals surface area (Å²) in [5.41, 5.74) is -0.707. The van der Waals surface area contributed by atoms with Gasteiger partial charge in [0.15, 0.2) is 0 Å². The minimum Gasteiger partial charge on any atom is -0.340 e. The molecule has 0 aromatic carbocycles. The third-order valence-electron chi connectivity index (χ3n) is 4.99. The molecule has 2 fully saturated rings. The Morgan fingerprint density at radius 1 is 1.33 bits per heavy atom. The van der Waals surface area contributed by atoms with Crippen LogP contribution >= 0.6 is 0 Å². The molecular weight excluding hydrogens is 228 g/mol. The molecule has 1 saturated heterocycles. The molecule has 2 amide bonds. The summed E-state index contributed by atoms with van der Waals surface area (Å²) in [4.78, 5) is 26.2. The number of carbonyl (C=O) groups excluding carboxylic acids is 2. The second kappa shape index (κ2) is 4.56. The first-order chi connectivity index (χ1) is 8.39. The zero-order chi connectivity index (χ0) is 13.5. The Balaban J connectivity index is 2.22. The van der Waals surface area contributed by atoms with Crippen LogP contribution in [0.3, 0.4) is 0 Å². The Bertz CT molecular complexity index is 369. The summed E-state index contributed by atoms with van der Waals surface area (Å²) < 4.78 is 0. The molecule has 0 aromatic heterocycles. The summed E-state index contributed by atoms with van der Waals surface area (Å²) in [7, 11) is 0. The maximum absolute atomic E-state index is 12.6. The topological polar surface area (TPSA) is 49.4 Å². The van der Waals surface area contributed by atoms with Crippen molar-refractivity contribution in [3.05, 3.63) is 0 Å². The average Bonchev–Trinajstić information content (AvgIpc) is 2.65. The first-order valence-electron chi connectivity index (χ1n) is 7.01. The third kappa shape index (κ3) is 2.02. The summed E-state index contributed by atoms with van der Waals surface area (Å²) in [5.74, 6) is 1.20. The fraction of sp³-hybridized carbons (Fsp3) is 0.857. The highest BCUT2D eigenvalue weighted by Gasteiger charge is 2.46. The minimum atomic E-state index is -0.707. The molecule has 0 aromatic rings. The zero-order valence-electron chi connectivity index (χ0n) is 11.8. The number of amides is 2. The van der Waals surface area contributed by atoms with E-state index in [9.17, 15) is 9.59 Å². The van der Waals surface area contributed by atoms with Crippen LogP contribution in [0.4, 0.5) is 0 Å². The van der Waals surface area contributed by atoms with Crippen LogP contribution < -0.4 is 5.32 Å². The number of rotatable bonds is 2. The number of nitrogens with zero attached hydrogens (tertiary/aromatic N) is 1. The van der Waals surface area contributed by atoms with Gasteiger partial charge in [0, 0.05) is 6.04 Å². The minimum absolute atomic E-state index is 0.0225. The highest BCUT2D eigenvalue weighted by molar-refractivity contribution is 5.97. The predicted molar refractivity (Wildman–Crippen MR) is 69.9 cm³/mol. The van der Waals surface area contributed by atoms with Gasteiger partial charge in [-0.05, 0) is 38.0 Å². The van der Waals surface area contributed by atoms with Crippen molar-refractivity contribution in [1.29, 1.82) is 0 Å². The first kappa shape index (κ1) is 13.4. The zero-order valence-corrected chi connectivity index (χ0v) is 11.8. The molecule has 1 heterocycles. The van der Waals surface area contributed by atoms with Gasteiger partial charge >= 0.3 is 0 Å². The second-order valence-corrected chi connectivity index (χ2v) is 6.15. The Morgan fingerprint density at radius 3 is 2.50 bits per heavy atom. The molecule has 0 radical (unpaired) electrons. The molecule has 18 heavy (non-hydrogen) atoms. The number of hydrogen-bond donors (Lipinski definition) is 1. The maximum Gasteiger partial charge on any atom is 0.248 e. The van der Waals surface area contributed by atoms with E-state index in [2.05, 4.69) is 19.2 Å². The van der Waals surface area contributed by atoms with Gasteiger partial charge < -0.3 is 10.2 Å². The molecule has 4 unspecified atom stereocenters. The van der Waals surface area contributed by atoms with Gasteiger partial charge in [-0.25, -0.2) is 0 Å². The first-order valence-corrected chi connectivity index (χ1v) is 7.01. The van der Waals surface area contributed by atoms with Crippen LogP contribution in [0.15, 0.2) is 0 Å². The standard InChI is InChI=1S/C14H24N2O2/c1-5-14(4)13(18)16(8-12(17)15-14)11-7-6-9(2)10(11)3/h9-11H,5-8H2,1-4H3,(H,15,17). The van der Waals surface area contributed by atoms with E-state index in [1.807, 2.05) is 18.7 Å². The monoisotopic (exact) mass is 252 g/mol. The van der Waals surface area contributed by atoms with E-state index in [0.29, 0.717) is 18.3 Å². The van der Waals surface area contributed by atoms with Gasteiger partial charge in [0.1, 0.15) is 5.54 Å². The number of piperazine rings is 1. The number of carbonyl (C=O) groups is 2. The summed E-state index contributed by atoms with van der Waals surface area (Å²) >= 11 is 0. The van der Waals surface area contributed by atoms with Crippen molar-refractivity contribution in [1.82, 2.24) is 10.2 Å². The molecule has 1 N–H and O–H groups in total. The number of hydrogen-bond acceptors (Lipinski definition) is 2. The van der Waals surface area contributed by atoms with Gasteiger partial charge in [-0.15, -0.1) is 0 Å². The van der Waals surface area contributed by atoms with Crippen molar-refractivity contribution in [2.45, 2.75) is 58.5 Å². The van der Waals surface area contributed by atoms with Crippen molar-refractivity contribution in [2.75, 3.05) is 6.54 Å². The van der Waals surface area contributed by atoms with Gasteiger partial charge in [-0.3, -0.25) is 9.59 Å². The van der Waals surface area contributed by atoms with Crippen LogP contribution in [-0.2, 0) is 9.59 Å². The van der Waals surface area contributed by atoms with Crippen molar-refractivity contribution >= 4 is 11.8 Å². The van der Waals surface area contributed by atoms with Gasteiger partial charge in [0.2, 0.25) is 11.8 Å². The highest BCUT2D eigenvalue weighted by atomic mass is 16.2. The van der Waals surface area contributed by atoms with Crippen molar-refractivity contribution < 1.29 is 9.59 Å². The van der Waals surface area contributed by atoms with Crippen molar-refractivity contribution in [3.8, 4) is 0 Å². The number of nitrogens with one attached hydrogen (secondary N) is 1. The Morgan fingerprint density at radius 2 is 2.00 bits per heavy atom. The molecule has 4 nitrogen and oxygen atoms in total. The van der Waals surface area contributed by atoms with E-state index in [4.69, 9.17) is 0 Å². The SMILES string of the molecule is CCC1(C)NC(=O)CN(C2CCC(C)C2C)C1=O. The molecule has 2 aliphatic rings. The predicted octanol–water partition coefficient (Wildman–Crippen LogP) is 1.55. The third-order valence-corrected chi connectivity index (χ3v) is 4.99. The smallest absolute Gasteiger partial charge is 0.248 e. The van der Waals surface area contributed by atoms with Crippen LogP contribution in [0.2, 0.25) is 0 Å². The lowest BCUT2D eigenvalue weighted by atomic mass is 9.90. The van der Waals surface area contributed by atoms with E-state index >= 15 is 0 Å². The summed E-state index contributed by atoms with van der Waals surface area (Å²) in [6, 6.07) is 0.240. The maximum atomic E-state index is 12.6. The molecule has 4 heteroatoms. The van der Waals surface area contributed by atoms with Crippen LogP contribution in [0.25, 0.3) is 0 Å². The lowest BCUT2D eigenvalue weighted by Crippen LogP contribution is -2.67. The average molecular weight is 252 g/mol. The normalized spacial score (nSPS) is 41.1. The summed E-state index contributed by atoms with van der Waals surface area (Å²) in [5, 5.41) is 2.84. The van der Waals surface area contributed by atoms with Gasteiger partial charge in [-0.1, -0.05) is 20.8 Å². The molecule has 4 atom stereocenters. The van der Waals surface area contributed by atoms with E-state index in [0.717, 1.165) is 12.8 Å². The molecule has 1 aliphatic heterocycles. The van der Waals surface area contributed by atoms with E-state index in [1.54, 1.807) is 0 Å². The van der Waals surface area contributed by atoms with Gasteiger partial charge in [0.05, 0.1) is 6.54 Å². The fourth-order valence-electron chi connectivity index (χ4n) is 3.23. The molecule has 102 valence electrons. The quantitative estimate of drug-likeness (QED) is 0.810.